The number of aryl methyl sites for hydroxylation is 1. The van der Waals surface area contributed by atoms with E-state index in [0.717, 1.165) is 41.9 Å². The molecule has 3 heteroatoms. The van der Waals surface area contributed by atoms with E-state index in [0.29, 0.717) is 13.2 Å². The van der Waals surface area contributed by atoms with E-state index in [9.17, 15) is 5.11 Å². The minimum absolute atomic E-state index is 0.156. The van der Waals surface area contributed by atoms with Gasteiger partial charge in [0.2, 0.25) is 0 Å². The molecule has 3 aromatic rings. The summed E-state index contributed by atoms with van der Waals surface area (Å²) in [5, 5.41) is 9.33. The van der Waals surface area contributed by atoms with Crippen molar-refractivity contribution in [3.05, 3.63) is 95.6 Å². The van der Waals surface area contributed by atoms with Gasteiger partial charge in [0, 0.05) is 0 Å². The largest absolute Gasteiger partial charge is 0.485 e. The molecule has 0 bridgehead atoms. The number of unbranched alkanes of at least 4 members (excludes halogenated alkanes) is 6. The average Bonchev–Trinajstić information content (AvgIpc) is 2.87. The Morgan fingerprint density at radius 2 is 1.12 bits per heavy atom. The van der Waals surface area contributed by atoms with Gasteiger partial charge in [-0.1, -0.05) is 105 Å². The van der Waals surface area contributed by atoms with Crippen LogP contribution in [0.3, 0.4) is 0 Å². The summed E-state index contributed by atoms with van der Waals surface area (Å²) < 4.78 is 12.3. The van der Waals surface area contributed by atoms with Crippen LogP contribution in [0.15, 0.2) is 78.9 Å². The first-order valence-corrected chi connectivity index (χ1v) is 12.8. The van der Waals surface area contributed by atoms with E-state index in [-0.39, 0.29) is 6.10 Å². The molecule has 3 nitrogen and oxygen atoms in total. The van der Waals surface area contributed by atoms with E-state index in [1.165, 1.54) is 44.1 Å². The van der Waals surface area contributed by atoms with Crippen molar-refractivity contribution in [1.82, 2.24) is 0 Å². The third-order valence-corrected chi connectivity index (χ3v) is 6.07. The van der Waals surface area contributed by atoms with Crippen LogP contribution in [0.4, 0.5) is 0 Å². The molecule has 0 radical (unpaired) electrons. The quantitative estimate of drug-likeness (QED) is 0.221. The lowest BCUT2D eigenvalue weighted by Gasteiger charge is -2.15. The molecule has 0 saturated carbocycles. The molecule has 0 aliphatic rings. The summed E-state index contributed by atoms with van der Waals surface area (Å²) in [4.78, 5) is 0. The Labute approximate surface area is 205 Å². The molecule has 0 saturated heterocycles. The number of rotatable bonds is 16. The van der Waals surface area contributed by atoms with Crippen LogP contribution in [0.25, 0.3) is 0 Å². The summed E-state index contributed by atoms with van der Waals surface area (Å²) in [6.07, 6.45) is 10.5. The van der Waals surface area contributed by atoms with Crippen molar-refractivity contribution in [3.63, 3.8) is 0 Å². The van der Waals surface area contributed by atoms with Gasteiger partial charge in [0.1, 0.15) is 13.2 Å². The lowest BCUT2D eigenvalue weighted by atomic mass is 10.0. The Kier molecular flexibility index (Phi) is 11.5. The first-order valence-electron chi connectivity index (χ1n) is 12.8. The van der Waals surface area contributed by atoms with Crippen LogP contribution in [-0.2, 0) is 19.6 Å². The summed E-state index contributed by atoms with van der Waals surface area (Å²) in [6, 6.07) is 26.9. The van der Waals surface area contributed by atoms with Gasteiger partial charge in [0.15, 0.2) is 11.5 Å². The number of benzene rings is 3. The zero-order valence-corrected chi connectivity index (χ0v) is 20.6. The van der Waals surface area contributed by atoms with E-state index in [4.69, 9.17) is 9.47 Å². The van der Waals surface area contributed by atoms with E-state index in [1.54, 1.807) is 0 Å². The number of aliphatic hydroxyl groups is 1. The Hall–Kier alpha value is -2.78. The van der Waals surface area contributed by atoms with Crippen LogP contribution in [0.2, 0.25) is 0 Å². The molecule has 1 atom stereocenters. The van der Waals surface area contributed by atoms with E-state index < -0.39 is 0 Å². The second-order valence-electron chi connectivity index (χ2n) is 9.19. The maximum atomic E-state index is 9.33. The van der Waals surface area contributed by atoms with E-state index in [2.05, 4.69) is 42.5 Å². The van der Waals surface area contributed by atoms with Gasteiger partial charge < -0.3 is 14.6 Å². The fraction of sp³-hybridized carbons (Fsp3) is 0.419. The number of hydrogen-bond acceptors (Lipinski definition) is 3. The number of hydrogen-bond donors (Lipinski definition) is 1. The summed E-state index contributed by atoms with van der Waals surface area (Å²) >= 11 is 0. The highest BCUT2D eigenvalue weighted by molar-refractivity contribution is 5.43. The van der Waals surface area contributed by atoms with Crippen molar-refractivity contribution in [3.8, 4) is 11.5 Å². The molecule has 0 heterocycles. The van der Waals surface area contributed by atoms with Crippen LogP contribution >= 0.6 is 0 Å². The molecule has 0 aromatic heterocycles. The highest BCUT2D eigenvalue weighted by Crippen LogP contribution is 2.31. The first-order chi connectivity index (χ1) is 16.7. The molecule has 3 aromatic carbocycles. The van der Waals surface area contributed by atoms with Crippen LogP contribution in [0.1, 0.15) is 75.0 Å². The minimum atomic E-state index is -0.156. The van der Waals surface area contributed by atoms with Crippen molar-refractivity contribution < 1.29 is 14.6 Å². The second kappa shape index (κ2) is 15.2. The molecule has 0 amide bonds. The molecule has 1 N–H and O–H groups in total. The molecule has 3 rings (SSSR count). The predicted octanol–water partition coefficient (Wildman–Crippen LogP) is 7.89. The molecule has 0 aliphatic carbocycles. The predicted molar refractivity (Wildman–Crippen MR) is 140 cm³/mol. The van der Waals surface area contributed by atoms with Crippen LogP contribution in [-0.4, -0.2) is 11.2 Å². The summed E-state index contributed by atoms with van der Waals surface area (Å²) in [6.45, 7) is 2.93. The zero-order chi connectivity index (χ0) is 23.8. The van der Waals surface area contributed by atoms with Crippen LogP contribution in [0, 0.1) is 0 Å². The van der Waals surface area contributed by atoms with E-state index in [1.807, 2.05) is 43.3 Å². The molecule has 34 heavy (non-hydrogen) atoms. The smallest absolute Gasteiger partial charge is 0.161 e. The van der Waals surface area contributed by atoms with Gasteiger partial charge in [-0.2, -0.15) is 0 Å². The molecular weight excluding hydrogens is 420 g/mol. The molecular formula is C31H40O3. The summed E-state index contributed by atoms with van der Waals surface area (Å²) in [5.74, 6) is 1.61. The summed E-state index contributed by atoms with van der Waals surface area (Å²) in [5.41, 5.74) is 3.59. The lowest BCUT2D eigenvalue weighted by Crippen LogP contribution is -2.01. The third-order valence-electron chi connectivity index (χ3n) is 6.07. The summed E-state index contributed by atoms with van der Waals surface area (Å²) in [7, 11) is 0. The number of ether oxygens (including phenoxy) is 2. The monoisotopic (exact) mass is 460 g/mol. The Balaban J connectivity index is 1.49. The molecule has 0 fully saturated rings. The molecule has 1 unspecified atom stereocenters. The topological polar surface area (TPSA) is 38.7 Å². The normalized spacial score (nSPS) is 11.8. The average molecular weight is 461 g/mol. The second-order valence-corrected chi connectivity index (χ2v) is 9.19. The van der Waals surface area contributed by atoms with Crippen molar-refractivity contribution >= 4 is 0 Å². The fourth-order valence-electron chi connectivity index (χ4n) is 4.06. The van der Waals surface area contributed by atoms with Crippen LogP contribution in [0.5, 0.6) is 11.5 Å². The van der Waals surface area contributed by atoms with Gasteiger partial charge in [-0.3, -0.25) is 0 Å². The van der Waals surface area contributed by atoms with Crippen molar-refractivity contribution in [1.29, 1.82) is 0 Å². The molecule has 0 spiro atoms. The van der Waals surface area contributed by atoms with Crippen molar-refractivity contribution in [2.24, 2.45) is 0 Å². The van der Waals surface area contributed by atoms with Gasteiger partial charge >= 0.3 is 0 Å². The standard InChI is InChI=1S/C31H40O3/c1-26(32)15-9-5-3-2-4-6-10-16-27-21-22-30(33-24-28-17-11-7-12-18-28)31(23-27)34-25-29-19-13-8-14-20-29/h7-8,11-14,17-23,26,32H,2-6,9-10,15-16,24-25H2,1H3. The maximum Gasteiger partial charge on any atom is 0.161 e. The highest BCUT2D eigenvalue weighted by atomic mass is 16.5. The molecule has 0 aliphatic heterocycles. The third kappa shape index (κ3) is 10.0. The fourth-order valence-corrected chi connectivity index (χ4v) is 4.06. The SMILES string of the molecule is CC(O)CCCCCCCCCc1ccc(OCc2ccccc2)c(OCc2ccccc2)c1. The van der Waals surface area contributed by atoms with Gasteiger partial charge in [-0.05, 0) is 55.0 Å². The highest BCUT2D eigenvalue weighted by Gasteiger charge is 2.09. The molecule has 182 valence electrons. The first kappa shape index (κ1) is 25.8. The maximum absolute atomic E-state index is 9.33. The van der Waals surface area contributed by atoms with Gasteiger partial charge in [-0.25, -0.2) is 0 Å². The zero-order valence-electron chi connectivity index (χ0n) is 20.6. The Morgan fingerprint density at radius 3 is 1.71 bits per heavy atom. The van der Waals surface area contributed by atoms with Gasteiger partial charge in [0.25, 0.3) is 0 Å². The minimum Gasteiger partial charge on any atom is -0.485 e. The lowest BCUT2D eigenvalue weighted by molar-refractivity contribution is 0.180. The van der Waals surface area contributed by atoms with Gasteiger partial charge in [0.05, 0.1) is 6.10 Å². The van der Waals surface area contributed by atoms with E-state index >= 15 is 0 Å². The Morgan fingerprint density at radius 1 is 0.588 bits per heavy atom. The van der Waals surface area contributed by atoms with Crippen molar-refractivity contribution in [2.75, 3.05) is 0 Å². The Bertz CT molecular complexity index is 922. The number of aliphatic hydroxyl groups excluding tert-OH is 1. The van der Waals surface area contributed by atoms with Gasteiger partial charge in [-0.15, -0.1) is 0 Å². The van der Waals surface area contributed by atoms with Crippen LogP contribution < -0.4 is 9.47 Å². The van der Waals surface area contributed by atoms with Crippen molar-refractivity contribution in [2.45, 2.75) is 84.0 Å².